The minimum atomic E-state index is -0.406. The number of aliphatic hydroxyl groups excluding tert-OH is 1. The Labute approximate surface area is 147 Å². The van der Waals surface area contributed by atoms with Gasteiger partial charge in [0.05, 0.1) is 12.7 Å². The van der Waals surface area contributed by atoms with Crippen molar-refractivity contribution >= 4 is 0 Å². The van der Waals surface area contributed by atoms with E-state index >= 15 is 0 Å². The van der Waals surface area contributed by atoms with Crippen LogP contribution in [-0.2, 0) is 0 Å². The Morgan fingerprint density at radius 2 is 1.88 bits per heavy atom. The Hall–Kier alpha value is -1.10. The Morgan fingerprint density at radius 3 is 2.50 bits per heavy atom. The van der Waals surface area contributed by atoms with Crippen LogP contribution in [0.3, 0.4) is 0 Å². The summed E-state index contributed by atoms with van der Waals surface area (Å²) in [6.07, 6.45) is 0.375. The summed E-state index contributed by atoms with van der Waals surface area (Å²) in [5.74, 6) is 1.85. The van der Waals surface area contributed by atoms with E-state index in [1.54, 1.807) is 0 Å². The molecule has 1 aromatic carbocycles. The molecule has 2 rings (SSSR count). The van der Waals surface area contributed by atoms with Crippen molar-refractivity contribution in [2.45, 2.75) is 46.1 Å². The number of hydrogen-bond acceptors (Lipinski definition) is 4. The first kappa shape index (κ1) is 19.2. The molecule has 0 amide bonds. The van der Waals surface area contributed by atoms with Crippen LogP contribution < -0.4 is 10.1 Å². The van der Waals surface area contributed by atoms with Crippen molar-refractivity contribution in [3.63, 3.8) is 0 Å². The zero-order chi connectivity index (χ0) is 17.5. The van der Waals surface area contributed by atoms with Gasteiger partial charge in [-0.2, -0.15) is 0 Å². The van der Waals surface area contributed by atoms with E-state index in [1.165, 1.54) is 5.56 Å². The number of ether oxygens (including phenoxy) is 1. The average molecular weight is 335 g/mol. The largest absolute Gasteiger partial charge is 0.493 e. The maximum absolute atomic E-state index is 10.6. The summed E-state index contributed by atoms with van der Waals surface area (Å²) < 4.78 is 5.95. The molecular weight excluding hydrogens is 300 g/mol. The second kappa shape index (κ2) is 9.40. The summed E-state index contributed by atoms with van der Waals surface area (Å²) in [4.78, 5) is 2.42. The van der Waals surface area contributed by atoms with Crippen molar-refractivity contribution in [3.05, 3.63) is 29.3 Å². The first-order valence-corrected chi connectivity index (χ1v) is 9.35. The van der Waals surface area contributed by atoms with Crippen molar-refractivity contribution in [2.75, 3.05) is 39.3 Å². The SMILES string of the molecule is CC(C)COc1ccc(C(O)CCN2CCNCC2)cc1C(C)C. The van der Waals surface area contributed by atoms with E-state index in [0.29, 0.717) is 11.8 Å². The summed E-state index contributed by atoms with van der Waals surface area (Å²) >= 11 is 0. The maximum atomic E-state index is 10.6. The number of nitrogens with one attached hydrogen (secondary N) is 1. The Balaban J connectivity index is 1.99. The molecule has 1 atom stereocenters. The number of hydrogen-bond donors (Lipinski definition) is 2. The molecule has 1 aliphatic heterocycles. The molecule has 1 aliphatic rings. The second-order valence-corrected chi connectivity index (χ2v) is 7.55. The molecule has 4 nitrogen and oxygen atoms in total. The lowest BCUT2D eigenvalue weighted by molar-refractivity contribution is 0.136. The predicted octanol–water partition coefficient (Wildman–Crippen LogP) is 3.17. The first-order valence-electron chi connectivity index (χ1n) is 9.35. The molecule has 0 spiro atoms. The van der Waals surface area contributed by atoms with E-state index in [1.807, 2.05) is 12.1 Å². The number of benzene rings is 1. The minimum absolute atomic E-state index is 0.382. The molecule has 136 valence electrons. The van der Waals surface area contributed by atoms with E-state index in [9.17, 15) is 5.11 Å². The molecule has 2 N–H and O–H groups in total. The van der Waals surface area contributed by atoms with Gasteiger partial charge in [-0.25, -0.2) is 0 Å². The lowest BCUT2D eigenvalue weighted by Crippen LogP contribution is -2.44. The average Bonchev–Trinajstić information content (AvgIpc) is 2.58. The van der Waals surface area contributed by atoms with Gasteiger partial charge in [0.1, 0.15) is 5.75 Å². The molecule has 0 aliphatic carbocycles. The van der Waals surface area contributed by atoms with Gasteiger partial charge in [-0.15, -0.1) is 0 Å². The minimum Gasteiger partial charge on any atom is -0.493 e. The van der Waals surface area contributed by atoms with Crippen molar-refractivity contribution in [3.8, 4) is 5.75 Å². The van der Waals surface area contributed by atoms with Gasteiger partial charge >= 0.3 is 0 Å². The van der Waals surface area contributed by atoms with Crippen LogP contribution in [0.1, 0.15) is 57.3 Å². The first-order chi connectivity index (χ1) is 11.5. The standard InChI is InChI=1S/C20H34N2O2/c1-15(2)14-24-20-6-5-17(13-18(20)16(3)4)19(23)7-10-22-11-8-21-9-12-22/h5-6,13,15-16,19,21,23H,7-12,14H2,1-4H3. The van der Waals surface area contributed by atoms with Gasteiger partial charge in [0, 0.05) is 32.7 Å². The van der Waals surface area contributed by atoms with Gasteiger partial charge < -0.3 is 20.1 Å². The fourth-order valence-corrected chi connectivity index (χ4v) is 3.02. The van der Waals surface area contributed by atoms with Gasteiger partial charge in [0.25, 0.3) is 0 Å². The van der Waals surface area contributed by atoms with E-state index in [2.05, 4.69) is 44.0 Å². The van der Waals surface area contributed by atoms with Crippen LogP contribution in [0, 0.1) is 5.92 Å². The molecule has 0 aromatic heterocycles. The summed E-state index contributed by atoms with van der Waals surface area (Å²) in [6, 6.07) is 6.17. The highest BCUT2D eigenvalue weighted by molar-refractivity contribution is 5.40. The van der Waals surface area contributed by atoms with Crippen molar-refractivity contribution in [1.29, 1.82) is 0 Å². The zero-order valence-corrected chi connectivity index (χ0v) is 15.7. The quantitative estimate of drug-likeness (QED) is 0.766. The van der Waals surface area contributed by atoms with E-state index < -0.39 is 6.10 Å². The van der Waals surface area contributed by atoms with E-state index in [0.717, 1.165) is 57.1 Å². The highest BCUT2D eigenvalue weighted by Crippen LogP contribution is 2.31. The van der Waals surface area contributed by atoms with Crippen LogP contribution in [0.25, 0.3) is 0 Å². The third kappa shape index (κ3) is 5.76. The van der Waals surface area contributed by atoms with Crippen LogP contribution in [0.15, 0.2) is 18.2 Å². The Morgan fingerprint density at radius 1 is 1.17 bits per heavy atom. The molecule has 4 heteroatoms. The highest BCUT2D eigenvalue weighted by Gasteiger charge is 2.16. The molecule has 1 saturated heterocycles. The smallest absolute Gasteiger partial charge is 0.122 e. The van der Waals surface area contributed by atoms with Crippen LogP contribution in [0.4, 0.5) is 0 Å². The Kier molecular flexibility index (Phi) is 7.53. The van der Waals surface area contributed by atoms with Gasteiger partial charge in [0.15, 0.2) is 0 Å². The number of aliphatic hydroxyl groups is 1. The van der Waals surface area contributed by atoms with Crippen molar-refractivity contribution in [1.82, 2.24) is 10.2 Å². The lowest BCUT2D eigenvalue weighted by atomic mass is 9.96. The Bertz CT molecular complexity index is 496. The van der Waals surface area contributed by atoms with Gasteiger partial charge in [-0.05, 0) is 41.5 Å². The molecule has 1 unspecified atom stereocenters. The summed E-state index contributed by atoms with van der Waals surface area (Å²) in [7, 11) is 0. The van der Waals surface area contributed by atoms with Gasteiger partial charge in [-0.3, -0.25) is 0 Å². The third-order valence-electron chi connectivity index (χ3n) is 4.54. The van der Waals surface area contributed by atoms with Gasteiger partial charge in [-0.1, -0.05) is 33.8 Å². The fourth-order valence-electron chi connectivity index (χ4n) is 3.02. The number of nitrogens with zero attached hydrogens (tertiary/aromatic N) is 1. The van der Waals surface area contributed by atoms with Crippen LogP contribution in [0.2, 0.25) is 0 Å². The predicted molar refractivity (Wildman–Crippen MR) is 99.8 cm³/mol. The molecule has 24 heavy (non-hydrogen) atoms. The fraction of sp³-hybridized carbons (Fsp3) is 0.700. The summed E-state index contributed by atoms with van der Waals surface area (Å²) in [6.45, 7) is 14.6. The molecule has 0 saturated carbocycles. The number of piperazine rings is 1. The maximum Gasteiger partial charge on any atom is 0.122 e. The van der Waals surface area contributed by atoms with E-state index in [4.69, 9.17) is 4.74 Å². The summed E-state index contributed by atoms with van der Waals surface area (Å²) in [5, 5.41) is 13.9. The molecular formula is C20H34N2O2. The molecule has 0 bridgehead atoms. The van der Waals surface area contributed by atoms with E-state index in [-0.39, 0.29) is 0 Å². The van der Waals surface area contributed by atoms with Crippen molar-refractivity contribution < 1.29 is 9.84 Å². The zero-order valence-electron chi connectivity index (χ0n) is 15.7. The third-order valence-corrected chi connectivity index (χ3v) is 4.54. The van der Waals surface area contributed by atoms with Crippen molar-refractivity contribution in [2.24, 2.45) is 5.92 Å². The molecule has 1 fully saturated rings. The monoisotopic (exact) mass is 334 g/mol. The van der Waals surface area contributed by atoms with Crippen LogP contribution in [0.5, 0.6) is 5.75 Å². The highest BCUT2D eigenvalue weighted by atomic mass is 16.5. The molecule has 0 radical (unpaired) electrons. The number of rotatable bonds is 8. The lowest BCUT2D eigenvalue weighted by Gasteiger charge is -2.28. The van der Waals surface area contributed by atoms with Crippen LogP contribution >= 0.6 is 0 Å². The molecule has 1 aromatic rings. The van der Waals surface area contributed by atoms with Gasteiger partial charge in [0.2, 0.25) is 0 Å². The summed E-state index contributed by atoms with van der Waals surface area (Å²) in [5.41, 5.74) is 2.19. The van der Waals surface area contributed by atoms with Crippen LogP contribution in [-0.4, -0.2) is 49.3 Å². The topological polar surface area (TPSA) is 44.7 Å². The second-order valence-electron chi connectivity index (χ2n) is 7.55. The normalized spacial score (nSPS) is 17.5. The molecule has 1 heterocycles.